The zero-order valence-electron chi connectivity index (χ0n) is 14.0. The molecule has 1 amide bonds. The molecular weight excluding hydrogens is 286 g/mol. The van der Waals surface area contributed by atoms with Gasteiger partial charge in [-0.05, 0) is 43.9 Å². The van der Waals surface area contributed by atoms with E-state index in [2.05, 4.69) is 15.2 Å². The van der Waals surface area contributed by atoms with E-state index in [0.717, 1.165) is 24.6 Å². The monoisotopic (exact) mass is 315 g/mol. The molecule has 1 N–H and O–H groups in total. The number of carbonyl (C=O) groups is 1. The number of likely N-dealkylation sites (tertiary alicyclic amines) is 1. The first kappa shape index (κ1) is 16.4. The van der Waals surface area contributed by atoms with E-state index in [-0.39, 0.29) is 5.91 Å². The second-order valence-electron chi connectivity index (χ2n) is 7.09. The van der Waals surface area contributed by atoms with E-state index < -0.39 is 0 Å². The Morgan fingerprint density at radius 2 is 2.00 bits per heavy atom. The van der Waals surface area contributed by atoms with Crippen LogP contribution in [0.5, 0.6) is 0 Å². The van der Waals surface area contributed by atoms with Crippen molar-refractivity contribution in [1.82, 2.24) is 15.2 Å². The van der Waals surface area contributed by atoms with E-state index >= 15 is 0 Å². The molecule has 0 bridgehead atoms. The number of nitrogens with zero attached hydrogens (tertiary/aromatic N) is 2. The van der Waals surface area contributed by atoms with Crippen molar-refractivity contribution >= 4 is 5.91 Å². The van der Waals surface area contributed by atoms with Gasteiger partial charge in [-0.1, -0.05) is 31.7 Å². The maximum atomic E-state index is 12.3. The summed E-state index contributed by atoms with van der Waals surface area (Å²) in [6.45, 7) is 2.24. The van der Waals surface area contributed by atoms with Crippen LogP contribution in [-0.2, 0) is 11.2 Å². The number of nitrogens with one attached hydrogen (secondary N) is 1. The lowest BCUT2D eigenvalue weighted by Crippen LogP contribution is -2.51. The standard InChI is InChI=1S/C19H29N3O/c23-19(13-16-7-5-11-20-14-16)21-17-8-6-12-22(15-17)18-9-3-1-2-4-10-18/h5,7,11,14,17-18H,1-4,6,8-10,12-13,15H2,(H,21,23). The van der Waals surface area contributed by atoms with Gasteiger partial charge in [0.1, 0.15) is 0 Å². The third-order valence-corrected chi connectivity index (χ3v) is 5.25. The number of hydrogen-bond donors (Lipinski definition) is 1. The first-order chi connectivity index (χ1) is 11.3. The molecular formula is C19H29N3O. The third kappa shape index (κ3) is 5.03. The van der Waals surface area contributed by atoms with Gasteiger partial charge in [0.15, 0.2) is 0 Å². The molecule has 4 nitrogen and oxygen atoms in total. The molecule has 2 heterocycles. The van der Waals surface area contributed by atoms with Crippen molar-refractivity contribution in [2.24, 2.45) is 0 Å². The summed E-state index contributed by atoms with van der Waals surface area (Å²) in [5, 5.41) is 3.24. The van der Waals surface area contributed by atoms with Crippen LogP contribution in [0.3, 0.4) is 0 Å². The predicted octanol–water partition coefficient (Wildman–Crippen LogP) is 2.93. The molecule has 1 aliphatic heterocycles. The lowest BCUT2D eigenvalue weighted by atomic mass is 9.99. The second-order valence-corrected chi connectivity index (χ2v) is 7.09. The lowest BCUT2D eigenvalue weighted by molar-refractivity contribution is -0.121. The van der Waals surface area contributed by atoms with Crippen LogP contribution in [0, 0.1) is 0 Å². The van der Waals surface area contributed by atoms with Gasteiger partial charge in [-0.3, -0.25) is 14.7 Å². The van der Waals surface area contributed by atoms with Crippen LogP contribution in [0.15, 0.2) is 24.5 Å². The zero-order valence-corrected chi connectivity index (χ0v) is 14.0. The molecule has 126 valence electrons. The quantitative estimate of drug-likeness (QED) is 0.869. The molecule has 1 aromatic heterocycles. The highest BCUT2D eigenvalue weighted by Crippen LogP contribution is 2.24. The first-order valence-corrected chi connectivity index (χ1v) is 9.23. The molecule has 0 spiro atoms. The minimum absolute atomic E-state index is 0.130. The average Bonchev–Trinajstić information content (AvgIpc) is 2.85. The largest absolute Gasteiger partial charge is 0.352 e. The minimum Gasteiger partial charge on any atom is -0.352 e. The molecule has 1 atom stereocenters. The predicted molar refractivity (Wildman–Crippen MR) is 92.2 cm³/mol. The van der Waals surface area contributed by atoms with E-state index in [1.54, 1.807) is 12.4 Å². The SMILES string of the molecule is O=C(Cc1cccnc1)NC1CCCN(C2CCCCCC2)C1. The third-order valence-electron chi connectivity index (χ3n) is 5.25. The van der Waals surface area contributed by atoms with Gasteiger partial charge in [-0.2, -0.15) is 0 Å². The van der Waals surface area contributed by atoms with Gasteiger partial charge in [0.25, 0.3) is 0 Å². The van der Waals surface area contributed by atoms with Gasteiger partial charge in [-0.25, -0.2) is 0 Å². The number of pyridine rings is 1. The maximum absolute atomic E-state index is 12.3. The van der Waals surface area contributed by atoms with Crippen molar-refractivity contribution in [3.8, 4) is 0 Å². The summed E-state index contributed by atoms with van der Waals surface area (Å²) in [5.74, 6) is 0.130. The molecule has 0 aromatic carbocycles. The highest BCUT2D eigenvalue weighted by atomic mass is 16.1. The second kappa shape index (κ2) is 8.44. The van der Waals surface area contributed by atoms with Gasteiger partial charge in [0, 0.05) is 31.0 Å². The number of rotatable bonds is 4. The summed E-state index contributed by atoms with van der Waals surface area (Å²) in [5.41, 5.74) is 0.987. The smallest absolute Gasteiger partial charge is 0.224 e. The van der Waals surface area contributed by atoms with Crippen molar-refractivity contribution < 1.29 is 4.79 Å². The normalized spacial score (nSPS) is 24.1. The number of aromatic nitrogens is 1. The van der Waals surface area contributed by atoms with Gasteiger partial charge < -0.3 is 5.32 Å². The fraction of sp³-hybridized carbons (Fsp3) is 0.684. The van der Waals surface area contributed by atoms with Crippen LogP contribution in [0.2, 0.25) is 0 Å². The van der Waals surface area contributed by atoms with Crippen LogP contribution in [-0.4, -0.2) is 41.0 Å². The summed E-state index contributed by atoms with van der Waals surface area (Å²) >= 11 is 0. The summed E-state index contributed by atoms with van der Waals surface area (Å²) < 4.78 is 0. The van der Waals surface area contributed by atoms with Gasteiger partial charge in [0.05, 0.1) is 6.42 Å². The van der Waals surface area contributed by atoms with Gasteiger partial charge in [0.2, 0.25) is 5.91 Å². The highest BCUT2D eigenvalue weighted by Gasteiger charge is 2.27. The topological polar surface area (TPSA) is 45.2 Å². The molecule has 3 rings (SSSR count). The van der Waals surface area contributed by atoms with Crippen LogP contribution in [0.4, 0.5) is 0 Å². The van der Waals surface area contributed by atoms with E-state index in [9.17, 15) is 4.79 Å². The summed E-state index contributed by atoms with van der Waals surface area (Å²) in [6, 6.07) is 4.91. The lowest BCUT2D eigenvalue weighted by Gasteiger charge is -2.38. The highest BCUT2D eigenvalue weighted by molar-refractivity contribution is 5.78. The molecule has 4 heteroatoms. The molecule has 23 heavy (non-hydrogen) atoms. The Morgan fingerprint density at radius 1 is 1.17 bits per heavy atom. The first-order valence-electron chi connectivity index (χ1n) is 9.23. The molecule has 1 aromatic rings. The van der Waals surface area contributed by atoms with Crippen LogP contribution < -0.4 is 5.32 Å². The van der Waals surface area contributed by atoms with Crippen LogP contribution >= 0.6 is 0 Å². The Kier molecular flexibility index (Phi) is 6.03. The van der Waals surface area contributed by atoms with Crippen LogP contribution in [0.1, 0.15) is 56.9 Å². The number of hydrogen-bond acceptors (Lipinski definition) is 3. The molecule has 2 fully saturated rings. The number of amides is 1. The summed E-state index contributed by atoms with van der Waals surface area (Å²) in [7, 11) is 0. The molecule has 2 aliphatic rings. The summed E-state index contributed by atoms with van der Waals surface area (Å²) in [6.07, 6.45) is 14.5. The molecule has 1 aliphatic carbocycles. The Balaban J connectivity index is 1.49. The Bertz CT molecular complexity index is 483. The van der Waals surface area contributed by atoms with E-state index in [4.69, 9.17) is 0 Å². The van der Waals surface area contributed by atoms with Gasteiger partial charge >= 0.3 is 0 Å². The average molecular weight is 315 g/mol. The summed E-state index contributed by atoms with van der Waals surface area (Å²) in [4.78, 5) is 19.0. The Morgan fingerprint density at radius 3 is 2.74 bits per heavy atom. The van der Waals surface area contributed by atoms with Crippen molar-refractivity contribution in [3.05, 3.63) is 30.1 Å². The van der Waals surface area contributed by atoms with Crippen molar-refractivity contribution in [2.75, 3.05) is 13.1 Å². The fourth-order valence-electron chi connectivity index (χ4n) is 4.05. The van der Waals surface area contributed by atoms with E-state index in [0.29, 0.717) is 12.5 Å². The van der Waals surface area contributed by atoms with Crippen molar-refractivity contribution in [1.29, 1.82) is 0 Å². The molecule has 1 saturated heterocycles. The van der Waals surface area contributed by atoms with Crippen molar-refractivity contribution in [3.63, 3.8) is 0 Å². The molecule has 1 saturated carbocycles. The van der Waals surface area contributed by atoms with E-state index in [1.807, 2.05) is 12.1 Å². The maximum Gasteiger partial charge on any atom is 0.224 e. The van der Waals surface area contributed by atoms with Crippen molar-refractivity contribution in [2.45, 2.75) is 69.9 Å². The Hall–Kier alpha value is -1.42. The number of piperidine rings is 1. The van der Waals surface area contributed by atoms with E-state index in [1.165, 1.54) is 51.5 Å². The number of carbonyl (C=O) groups excluding carboxylic acids is 1. The molecule has 0 radical (unpaired) electrons. The minimum atomic E-state index is 0.130. The van der Waals surface area contributed by atoms with Gasteiger partial charge in [-0.15, -0.1) is 0 Å². The Labute approximate surface area is 139 Å². The van der Waals surface area contributed by atoms with Crippen LogP contribution in [0.25, 0.3) is 0 Å². The molecule has 1 unspecified atom stereocenters. The zero-order chi connectivity index (χ0) is 15.9. The fourth-order valence-corrected chi connectivity index (χ4v) is 4.05.